The highest BCUT2D eigenvalue weighted by atomic mass is 19.1. The van der Waals surface area contributed by atoms with Crippen LogP contribution in [0.3, 0.4) is 0 Å². The van der Waals surface area contributed by atoms with Gasteiger partial charge in [-0.05, 0) is 67.4 Å². The number of anilines is 2. The Morgan fingerprint density at radius 1 is 1.07 bits per heavy atom. The van der Waals surface area contributed by atoms with Gasteiger partial charge in [0.1, 0.15) is 23.4 Å². The van der Waals surface area contributed by atoms with Gasteiger partial charge in [0.05, 0.1) is 35.9 Å². The number of aryl methyl sites for hydroxylation is 1. The number of H-pyrrole nitrogens is 1. The lowest BCUT2D eigenvalue weighted by atomic mass is 10.2. The molecule has 3 heterocycles. The van der Waals surface area contributed by atoms with E-state index >= 15 is 0 Å². The highest BCUT2D eigenvalue weighted by molar-refractivity contribution is 6.00. The van der Waals surface area contributed by atoms with E-state index in [-0.39, 0.29) is 17.6 Å². The standard InChI is InChI=1S/C33H35FN6O6/c1-20-4-9-26(34)27(14-20)39-33(44)38-22-5-7-24(8-6-22)46-25-10-12-35-29(17-25)28-15-21(18-37-28)31(42)36-11-3-13-40-19-23(41)16-30(40)32(43)45-2/h4-10,12,14-15,17-18,23,30,37,41H,3,11,13,16,19H2,1-2H3,(H,36,42)(H2,38,39,44). The van der Waals surface area contributed by atoms with Crippen LogP contribution in [-0.4, -0.2) is 76.8 Å². The van der Waals surface area contributed by atoms with E-state index in [1.807, 2.05) is 4.90 Å². The van der Waals surface area contributed by atoms with Crippen LogP contribution in [0.5, 0.6) is 11.5 Å². The maximum atomic E-state index is 13.9. The Bertz CT molecular complexity index is 1690. The number of nitrogens with one attached hydrogen (secondary N) is 4. The topological polar surface area (TPSA) is 158 Å². The summed E-state index contributed by atoms with van der Waals surface area (Å²) in [5.41, 5.74) is 3.02. The number of aromatic amines is 1. The molecule has 5 rings (SSSR count). The fourth-order valence-electron chi connectivity index (χ4n) is 5.15. The van der Waals surface area contributed by atoms with Gasteiger partial charge in [-0.15, -0.1) is 0 Å². The Labute approximate surface area is 264 Å². The monoisotopic (exact) mass is 630 g/mol. The molecule has 46 heavy (non-hydrogen) atoms. The maximum Gasteiger partial charge on any atom is 0.323 e. The number of aliphatic hydroxyl groups is 1. The molecule has 2 aromatic carbocycles. The third kappa shape index (κ3) is 8.25. The molecule has 1 aliphatic heterocycles. The van der Waals surface area contributed by atoms with Gasteiger partial charge in [0, 0.05) is 50.2 Å². The second-order valence-electron chi connectivity index (χ2n) is 10.9. The number of urea groups is 1. The second-order valence-corrected chi connectivity index (χ2v) is 10.9. The van der Waals surface area contributed by atoms with Gasteiger partial charge in [-0.2, -0.15) is 0 Å². The predicted molar refractivity (Wildman–Crippen MR) is 169 cm³/mol. The number of amides is 3. The average molecular weight is 631 g/mol. The first-order valence-electron chi connectivity index (χ1n) is 14.7. The van der Waals surface area contributed by atoms with Crippen LogP contribution in [0, 0.1) is 12.7 Å². The van der Waals surface area contributed by atoms with Crippen molar-refractivity contribution in [3.8, 4) is 22.9 Å². The zero-order valence-electron chi connectivity index (χ0n) is 25.4. The summed E-state index contributed by atoms with van der Waals surface area (Å²) in [6, 6.07) is 15.2. The van der Waals surface area contributed by atoms with E-state index in [2.05, 4.69) is 25.9 Å². The van der Waals surface area contributed by atoms with Gasteiger partial charge in [0.2, 0.25) is 0 Å². The van der Waals surface area contributed by atoms with E-state index < -0.39 is 24.0 Å². The first-order valence-corrected chi connectivity index (χ1v) is 14.7. The molecule has 13 heteroatoms. The van der Waals surface area contributed by atoms with E-state index in [0.29, 0.717) is 66.6 Å². The molecule has 0 saturated carbocycles. The van der Waals surface area contributed by atoms with Crippen molar-refractivity contribution < 1.29 is 33.4 Å². The van der Waals surface area contributed by atoms with Gasteiger partial charge in [0.15, 0.2) is 0 Å². The number of aliphatic hydroxyl groups excluding tert-OH is 1. The second kappa shape index (κ2) is 14.7. The molecule has 0 bridgehead atoms. The van der Waals surface area contributed by atoms with Crippen molar-refractivity contribution in [3.05, 3.63) is 90.0 Å². The number of halogens is 1. The number of likely N-dealkylation sites (tertiary alicyclic amines) is 1. The Kier molecular flexibility index (Phi) is 10.2. The Balaban J connectivity index is 1.11. The van der Waals surface area contributed by atoms with Crippen molar-refractivity contribution in [1.82, 2.24) is 20.2 Å². The molecule has 0 radical (unpaired) electrons. The molecule has 4 aromatic rings. The third-order valence-corrected chi connectivity index (χ3v) is 7.43. The molecule has 0 spiro atoms. The normalized spacial score (nSPS) is 16.1. The minimum atomic E-state index is -0.576. The van der Waals surface area contributed by atoms with Crippen LogP contribution in [0.15, 0.2) is 73.1 Å². The van der Waals surface area contributed by atoms with Crippen molar-refractivity contribution >= 4 is 29.3 Å². The van der Waals surface area contributed by atoms with Crippen molar-refractivity contribution in [2.75, 3.05) is 37.4 Å². The highest BCUT2D eigenvalue weighted by Crippen LogP contribution is 2.27. The van der Waals surface area contributed by atoms with Gasteiger partial charge in [-0.25, -0.2) is 9.18 Å². The van der Waals surface area contributed by atoms with Crippen LogP contribution >= 0.6 is 0 Å². The van der Waals surface area contributed by atoms with Gasteiger partial charge in [0.25, 0.3) is 5.91 Å². The first-order chi connectivity index (χ1) is 22.2. The fraction of sp³-hybridized carbons (Fsp3) is 0.273. The average Bonchev–Trinajstić information content (AvgIpc) is 3.69. The summed E-state index contributed by atoms with van der Waals surface area (Å²) in [5, 5.41) is 18.0. The summed E-state index contributed by atoms with van der Waals surface area (Å²) >= 11 is 0. The summed E-state index contributed by atoms with van der Waals surface area (Å²) in [6.07, 6.45) is 3.55. The number of ether oxygens (including phenoxy) is 2. The molecule has 1 fully saturated rings. The summed E-state index contributed by atoms with van der Waals surface area (Å²) in [7, 11) is 1.33. The number of β-amino-alcohol motifs (C(OH)–C–C–N with tert-alkyl or cyclic N) is 1. The van der Waals surface area contributed by atoms with Crippen molar-refractivity contribution in [3.63, 3.8) is 0 Å². The largest absolute Gasteiger partial charge is 0.468 e. The number of carbonyl (C=O) groups is 3. The van der Waals surface area contributed by atoms with Gasteiger partial charge in [-0.1, -0.05) is 6.07 Å². The summed E-state index contributed by atoms with van der Waals surface area (Å²) in [6.45, 7) is 3.13. The minimum Gasteiger partial charge on any atom is -0.468 e. The number of benzene rings is 2. The van der Waals surface area contributed by atoms with Gasteiger partial charge >= 0.3 is 12.0 Å². The van der Waals surface area contributed by atoms with Crippen molar-refractivity contribution in [2.24, 2.45) is 0 Å². The molecule has 2 unspecified atom stereocenters. The van der Waals surface area contributed by atoms with Gasteiger partial charge < -0.3 is 35.5 Å². The number of hydrogen-bond donors (Lipinski definition) is 5. The fourth-order valence-corrected chi connectivity index (χ4v) is 5.15. The Hall–Kier alpha value is -5.27. The number of aromatic nitrogens is 2. The number of rotatable bonds is 11. The molecule has 5 N–H and O–H groups in total. The minimum absolute atomic E-state index is 0.0900. The van der Waals surface area contributed by atoms with Crippen molar-refractivity contribution in [1.29, 1.82) is 0 Å². The lowest BCUT2D eigenvalue weighted by Crippen LogP contribution is -2.38. The molecule has 12 nitrogen and oxygen atoms in total. The predicted octanol–water partition coefficient (Wildman–Crippen LogP) is 4.69. The Morgan fingerprint density at radius 2 is 1.87 bits per heavy atom. The molecule has 3 amide bonds. The number of pyridine rings is 1. The summed E-state index contributed by atoms with van der Waals surface area (Å²) in [5.74, 6) is -0.123. The quantitative estimate of drug-likeness (QED) is 0.118. The molecule has 240 valence electrons. The van der Waals surface area contributed by atoms with E-state index in [0.717, 1.165) is 5.56 Å². The summed E-state index contributed by atoms with van der Waals surface area (Å²) < 4.78 is 24.7. The molecule has 1 aliphatic rings. The maximum absolute atomic E-state index is 13.9. The SMILES string of the molecule is COC(=O)C1CC(O)CN1CCCNC(=O)c1c[nH]c(-c2cc(Oc3ccc(NC(=O)Nc4cc(C)ccc4F)cc3)ccn2)c1. The first kappa shape index (κ1) is 32.1. The van der Waals surface area contributed by atoms with Crippen LogP contribution in [0.25, 0.3) is 11.4 Å². The zero-order valence-corrected chi connectivity index (χ0v) is 25.4. The lowest BCUT2D eigenvalue weighted by Gasteiger charge is -2.21. The molecule has 2 atom stereocenters. The number of nitrogens with zero attached hydrogens (tertiary/aromatic N) is 2. The number of esters is 1. The third-order valence-electron chi connectivity index (χ3n) is 7.43. The van der Waals surface area contributed by atoms with Crippen LogP contribution in [0.1, 0.15) is 28.8 Å². The van der Waals surface area contributed by atoms with E-state index in [9.17, 15) is 23.9 Å². The van der Waals surface area contributed by atoms with Crippen LogP contribution < -0.4 is 20.7 Å². The summed E-state index contributed by atoms with van der Waals surface area (Å²) in [4.78, 5) is 46.3. The number of methoxy groups -OCH3 is 1. The smallest absolute Gasteiger partial charge is 0.323 e. The molecular weight excluding hydrogens is 595 g/mol. The zero-order chi connectivity index (χ0) is 32.6. The Morgan fingerprint density at radius 3 is 2.65 bits per heavy atom. The van der Waals surface area contributed by atoms with Crippen LogP contribution in [0.2, 0.25) is 0 Å². The van der Waals surface area contributed by atoms with Crippen LogP contribution in [-0.2, 0) is 9.53 Å². The van der Waals surface area contributed by atoms with E-state index in [1.54, 1.807) is 73.9 Å². The van der Waals surface area contributed by atoms with Crippen LogP contribution in [0.4, 0.5) is 20.6 Å². The van der Waals surface area contributed by atoms with E-state index in [1.165, 1.54) is 13.2 Å². The molecule has 1 saturated heterocycles. The highest BCUT2D eigenvalue weighted by Gasteiger charge is 2.36. The molecular formula is C33H35FN6O6. The molecule has 0 aliphatic carbocycles. The lowest BCUT2D eigenvalue weighted by molar-refractivity contribution is -0.145. The number of hydrogen-bond acceptors (Lipinski definition) is 8. The van der Waals surface area contributed by atoms with E-state index in [4.69, 9.17) is 9.47 Å². The van der Waals surface area contributed by atoms with Gasteiger partial charge in [-0.3, -0.25) is 19.5 Å². The van der Waals surface area contributed by atoms with Crippen molar-refractivity contribution in [2.45, 2.75) is 31.9 Å². The number of carbonyl (C=O) groups excluding carboxylic acids is 3. The molecule has 2 aromatic heterocycles.